The molecule has 1 aliphatic heterocycles. The summed E-state index contributed by atoms with van der Waals surface area (Å²) in [4.78, 5) is 1.80. The van der Waals surface area contributed by atoms with E-state index in [9.17, 15) is 8.78 Å². The minimum Gasteiger partial charge on any atom is -0.323 e. The van der Waals surface area contributed by atoms with Gasteiger partial charge in [-0.25, -0.2) is 8.78 Å². The lowest BCUT2D eigenvalue weighted by Crippen LogP contribution is -2.55. The maximum Gasteiger partial charge on any atom is 0.275 e. The van der Waals surface area contributed by atoms with Crippen molar-refractivity contribution in [3.63, 3.8) is 0 Å². The molecule has 1 saturated heterocycles. The van der Waals surface area contributed by atoms with Crippen LogP contribution in [0.15, 0.2) is 0 Å². The Labute approximate surface area is 91.8 Å². The van der Waals surface area contributed by atoms with E-state index in [1.807, 2.05) is 27.7 Å². The summed E-state index contributed by atoms with van der Waals surface area (Å²) in [6.07, 6.45) is 0.403. The number of halogens is 2. The predicted molar refractivity (Wildman–Crippen MR) is 60.2 cm³/mol. The summed E-state index contributed by atoms with van der Waals surface area (Å²) in [7, 11) is 0. The largest absolute Gasteiger partial charge is 0.323 e. The lowest BCUT2D eigenvalue weighted by molar-refractivity contribution is -0.0815. The van der Waals surface area contributed by atoms with Gasteiger partial charge in [0.2, 0.25) is 0 Å². The van der Waals surface area contributed by atoms with Gasteiger partial charge in [0.1, 0.15) is 0 Å². The maximum atomic E-state index is 13.1. The van der Waals surface area contributed by atoms with Crippen molar-refractivity contribution in [1.29, 1.82) is 0 Å². The Hall–Kier alpha value is -0.220. The summed E-state index contributed by atoms with van der Waals surface area (Å²) in [5.41, 5.74) is 5.33. The van der Waals surface area contributed by atoms with E-state index in [0.29, 0.717) is 18.9 Å². The molecule has 15 heavy (non-hydrogen) atoms. The van der Waals surface area contributed by atoms with E-state index >= 15 is 0 Å². The number of alkyl halides is 2. The minimum absolute atomic E-state index is 0.174. The maximum absolute atomic E-state index is 13.1. The molecule has 1 aliphatic rings. The third-order valence-electron chi connectivity index (χ3n) is 2.36. The molecule has 1 heterocycles. The van der Waals surface area contributed by atoms with E-state index in [1.54, 1.807) is 4.90 Å². The van der Waals surface area contributed by atoms with Gasteiger partial charge >= 0.3 is 0 Å². The predicted octanol–water partition coefficient (Wildman–Crippen LogP) is 2.34. The molecule has 2 N–H and O–H groups in total. The summed E-state index contributed by atoms with van der Waals surface area (Å²) < 4.78 is 26.3. The zero-order valence-electron chi connectivity index (χ0n) is 10.3. The van der Waals surface area contributed by atoms with Crippen molar-refractivity contribution in [1.82, 2.24) is 4.90 Å². The highest BCUT2D eigenvalue weighted by Crippen LogP contribution is 2.26. The summed E-state index contributed by atoms with van der Waals surface area (Å²) in [6.45, 7) is 9.34. The summed E-state index contributed by atoms with van der Waals surface area (Å²) in [6, 6.07) is -0.948. The lowest BCUT2D eigenvalue weighted by atomic mass is 10.0. The van der Waals surface area contributed by atoms with Crippen LogP contribution in [-0.2, 0) is 0 Å². The van der Waals surface area contributed by atoms with Crippen LogP contribution in [0.25, 0.3) is 0 Å². The topological polar surface area (TPSA) is 29.3 Å². The van der Waals surface area contributed by atoms with Crippen molar-refractivity contribution < 1.29 is 8.78 Å². The molecule has 0 aliphatic carbocycles. The molecule has 0 bridgehead atoms. The van der Waals surface area contributed by atoms with Crippen molar-refractivity contribution >= 4 is 0 Å². The smallest absolute Gasteiger partial charge is 0.275 e. The minimum atomic E-state index is -2.70. The molecule has 0 aromatic rings. The molecule has 1 rings (SSSR count). The second-order valence-electron chi connectivity index (χ2n) is 4.29. The molecule has 1 atom stereocenters. The SMILES string of the molecule is CC.CC(C)CN1CCC(N)C(F)(F)C1. The van der Waals surface area contributed by atoms with Crippen LogP contribution in [0.5, 0.6) is 0 Å². The zero-order valence-corrected chi connectivity index (χ0v) is 10.3. The molecule has 0 aromatic heterocycles. The number of likely N-dealkylation sites (tertiary alicyclic amines) is 1. The highest BCUT2D eigenvalue weighted by Gasteiger charge is 2.42. The van der Waals surface area contributed by atoms with Gasteiger partial charge in [0, 0.05) is 13.1 Å². The van der Waals surface area contributed by atoms with E-state index < -0.39 is 12.0 Å². The van der Waals surface area contributed by atoms with Gasteiger partial charge in [-0.05, 0) is 12.3 Å². The van der Waals surface area contributed by atoms with E-state index in [4.69, 9.17) is 5.73 Å². The summed E-state index contributed by atoms with van der Waals surface area (Å²) in [5.74, 6) is -2.27. The van der Waals surface area contributed by atoms with E-state index in [1.165, 1.54) is 0 Å². The number of hydrogen-bond donors (Lipinski definition) is 1. The van der Waals surface area contributed by atoms with Gasteiger partial charge in [-0.3, -0.25) is 4.90 Å². The van der Waals surface area contributed by atoms with Crippen molar-refractivity contribution in [2.45, 2.75) is 46.1 Å². The fourth-order valence-corrected chi connectivity index (χ4v) is 1.70. The quantitative estimate of drug-likeness (QED) is 0.777. The normalized spacial score (nSPS) is 26.0. The highest BCUT2D eigenvalue weighted by molar-refractivity contribution is 4.89. The van der Waals surface area contributed by atoms with Crippen LogP contribution in [0.3, 0.4) is 0 Å². The van der Waals surface area contributed by atoms with Crippen LogP contribution in [0.2, 0.25) is 0 Å². The van der Waals surface area contributed by atoms with Gasteiger partial charge in [-0.15, -0.1) is 0 Å². The van der Waals surface area contributed by atoms with Crippen LogP contribution in [-0.4, -0.2) is 36.5 Å². The number of hydrogen-bond acceptors (Lipinski definition) is 2. The van der Waals surface area contributed by atoms with Crippen molar-refractivity contribution in [2.24, 2.45) is 11.7 Å². The van der Waals surface area contributed by atoms with E-state index in [0.717, 1.165) is 6.54 Å². The fourth-order valence-electron chi connectivity index (χ4n) is 1.70. The first-order chi connectivity index (χ1) is 6.92. The van der Waals surface area contributed by atoms with Crippen molar-refractivity contribution in [3.8, 4) is 0 Å². The Morgan fingerprint density at radius 1 is 1.40 bits per heavy atom. The molecule has 1 fully saturated rings. The number of nitrogens with zero attached hydrogens (tertiary/aromatic N) is 1. The Morgan fingerprint density at radius 2 is 1.93 bits per heavy atom. The first-order valence-electron chi connectivity index (χ1n) is 5.77. The summed E-state index contributed by atoms with van der Waals surface area (Å²) in [5, 5.41) is 0. The van der Waals surface area contributed by atoms with Crippen LogP contribution >= 0.6 is 0 Å². The summed E-state index contributed by atoms with van der Waals surface area (Å²) >= 11 is 0. The average molecular weight is 222 g/mol. The Bertz CT molecular complexity index is 172. The third kappa shape index (κ3) is 4.89. The molecule has 0 saturated carbocycles. The second kappa shape index (κ2) is 6.38. The first kappa shape index (κ1) is 14.8. The Kier molecular flexibility index (Phi) is 6.29. The van der Waals surface area contributed by atoms with Crippen molar-refractivity contribution in [3.05, 3.63) is 0 Å². The fraction of sp³-hybridized carbons (Fsp3) is 1.00. The first-order valence-corrected chi connectivity index (χ1v) is 5.77. The van der Waals surface area contributed by atoms with Gasteiger partial charge in [0.15, 0.2) is 0 Å². The van der Waals surface area contributed by atoms with E-state index in [-0.39, 0.29) is 6.54 Å². The molecular weight excluding hydrogens is 198 g/mol. The molecule has 2 nitrogen and oxygen atoms in total. The molecule has 1 unspecified atom stereocenters. The number of nitrogens with two attached hydrogens (primary N) is 1. The van der Waals surface area contributed by atoms with Gasteiger partial charge in [-0.1, -0.05) is 27.7 Å². The monoisotopic (exact) mass is 222 g/mol. The molecular formula is C11H24F2N2. The zero-order chi connectivity index (χ0) is 12.1. The van der Waals surface area contributed by atoms with E-state index in [2.05, 4.69) is 0 Å². The van der Waals surface area contributed by atoms with Gasteiger partial charge in [0.05, 0.1) is 12.6 Å². The average Bonchev–Trinajstić information content (AvgIpc) is 2.13. The standard InChI is InChI=1S/C9H18F2N2.C2H6/c1-7(2)5-13-4-3-8(12)9(10,11)6-13;1-2/h7-8H,3-6,12H2,1-2H3;1-2H3. The number of rotatable bonds is 2. The van der Waals surface area contributed by atoms with Crippen LogP contribution < -0.4 is 5.73 Å². The molecule has 4 heteroatoms. The van der Waals surface area contributed by atoms with Crippen LogP contribution in [0, 0.1) is 5.92 Å². The molecule has 0 aromatic carbocycles. The molecule has 0 radical (unpaired) electrons. The van der Waals surface area contributed by atoms with Gasteiger partial charge < -0.3 is 5.73 Å². The highest BCUT2D eigenvalue weighted by atomic mass is 19.3. The second-order valence-corrected chi connectivity index (χ2v) is 4.29. The van der Waals surface area contributed by atoms with Crippen LogP contribution in [0.1, 0.15) is 34.1 Å². The molecule has 0 spiro atoms. The van der Waals surface area contributed by atoms with Crippen molar-refractivity contribution in [2.75, 3.05) is 19.6 Å². The number of piperidine rings is 1. The van der Waals surface area contributed by atoms with Gasteiger partial charge in [0.25, 0.3) is 5.92 Å². The molecule has 92 valence electrons. The lowest BCUT2D eigenvalue weighted by Gasteiger charge is -2.37. The van der Waals surface area contributed by atoms with Gasteiger partial charge in [-0.2, -0.15) is 0 Å². The Morgan fingerprint density at radius 3 is 2.33 bits per heavy atom. The van der Waals surface area contributed by atoms with Crippen LogP contribution in [0.4, 0.5) is 8.78 Å². The third-order valence-corrected chi connectivity index (χ3v) is 2.36. The molecule has 0 amide bonds. The Balaban J connectivity index is 0.000000921.